The smallest absolute Gasteiger partial charge is 0.234 e. The summed E-state index contributed by atoms with van der Waals surface area (Å²) >= 11 is 1.51. The number of para-hydroxylation sites is 3. The zero-order chi connectivity index (χ0) is 19.1. The fourth-order valence-electron chi connectivity index (χ4n) is 3.11. The molecule has 4 nitrogen and oxygen atoms in total. The second-order valence-electron chi connectivity index (χ2n) is 6.75. The Bertz CT molecular complexity index is 903. The van der Waals surface area contributed by atoms with E-state index in [4.69, 9.17) is 4.98 Å². The highest BCUT2D eigenvalue weighted by molar-refractivity contribution is 7.99. The number of thioether (sulfide) groups is 1. The molecule has 0 bridgehead atoms. The van der Waals surface area contributed by atoms with Crippen LogP contribution >= 0.6 is 11.8 Å². The number of aryl methyl sites for hydroxylation is 2. The van der Waals surface area contributed by atoms with Crippen molar-refractivity contribution in [3.8, 4) is 0 Å². The maximum absolute atomic E-state index is 12.4. The van der Waals surface area contributed by atoms with E-state index in [1.54, 1.807) is 0 Å². The first kappa shape index (κ1) is 19.5. The van der Waals surface area contributed by atoms with Crippen LogP contribution in [-0.4, -0.2) is 21.2 Å². The van der Waals surface area contributed by atoms with Crippen LogP contribution in [0.15, 0.2) is 53.7 Å². The number of aromatic nitrogens is 2. The normalized spacial score (nSPS) is 11.0. The summed E-state index contributed by atoms with van der Waals surface area (Å²) in [5, 5.41) is 3.92. The lowest BCUT2D eigenvalue weighted by Crippen LogP contribution is -2.15. The van der Waals surface area contributed by atoms with Crippen molar-refractivity contribution in [1.29, 1.82) is 0 Å². The van der Waals surface area contributed by atoms with Crippen molar-refractivity contribution >= 4 is 34.4 Å². The summed E-state index contributed by atoms with van der Waals surface area (Å²) < 4.78 is 2.26. The number of nitrogens with one attached hydrogen (secondary N) is 1. The first-order chi connectivity index (χ1) is 13.2. The Morgan fingerprint density at radius 2 is 1.85 bits per heavy atom. The largest absolute Gasteiger partial charge is 0.325 e. The summed E-state index contributed by atoms with van der Waals surface area (Å²) in [6.45, 7) is 5.17. The molecule has 27 heavy (non-hydrogen) atoms. The highest BCUT2D eigenvalue weighted by Gasteiger charge is 2.13. The highest BCUT2D eigenvalue weighted by atomic mass is 32.2. The Kier molecular flexibility index (Phi) is 6.93. The van der Waals surface area contributed by atoms with Gasteiger partial charge >= 0.3 is 0 Å². The molecule has 0 spiro atoms. The predicted molar refractivity (Wildman–Crippen MR) is 114 cm³/mol. The Hall–Kier alpha value is -2.27. The van der Waals surface area contributed by atoms with Gasteiger partial charge in [0.15, 0.2) is 5.16 Å². The maximum atomic E-state index is 12.4. The molecule has 0 aliphatic rings. The van der Waals surface area contributed by atoms with Gasteiger partial charge in [0.1, 0.15) is 0 Å². The van der Waals surface area contributed by atoms with Crippen molar-refractivity contribution < 1.29 is 4.79 Å². The lowest BCUT2D eigenvalue weighted by molar-refractivity contribution is -0.113. The van der Waals surface area contributed by atoms with Crippen LogP contribution < -0.4 is 5.32 Å². The molecule has 0 atom stereocenters. The lowest BCUT2D eigenvalue weighted by Gasteiger charge is -2.10. The van der Waals surface area contributed by atoms with Crippen LogP contribution in [0.4, 0.5) is 5.69 Å². The van der Waals surface area contributed by atoms with Crippen molar-refractivity contribution in [3.05, 3.63) is 54.1 Å². The Morgan fingerprint density at radius 1 is 1.07 bits per heavy atom. The molecule has 2 aromatic carbocycles. The number of benzene rings is 2. The van der Waals surface area contributed by atoms with Crippen molar-refractivity contribution in [1.82, 2.24) is 9.55 Å². The maximum Gasteiger partial charge on any atom is 0.234 e. The van der Waals surface area contributed by atoms with Crippen LogP contribution in [0.25, 0.3) is 11.0 Å². The number of anilines is 1. The van der Waals surface area contributed by atoms with Gasteiger partial charge in [-0.05, 0) is 37.1 Å². The molecule has 0 fully saturated rings. The number of imidazole rings is 1. The van der Waals surface area contributed by atoms with Gasteiger partial charge in [0, 0.05) is 12.2 Å². The van der Waals surface area contributed by atoms with Crippen molar-refractivity contribution in [2.75, 3.05) is 11.1 Å². The van der Waals surface area contributed by atoms with E-state index in [0.717, 1.165) is 40.4 Å². The van der Waals surface area contributed by atoms with E-state index >= 15 is 0 Å². The second kappa shape index (κ2) is 9.60. The first-order valence-electron chi connectivity index (χ1n) is 9.62. The molecule has 3 rings (SSSR count). The number of nitrogens with zero attached hydrogens (tertiary/aromatic N) is 2. The minimum Gasteiger partial charge on any atom is -0.325 e. The number of hydrogen-bond acceptors (Lipinski definition) is 3. The number of amides is 1. The van der Waals surface area contributed by atoms with Crippen LogP contribution in [-0.2, 0) is 11.3 Å². The quantitative estimate of drug-likeness (QED) is 0.384. The first-order valence-corrected chi connectivity index (χ1v) is 10.6. The van der Waals surface area contributed by atoms with Gasteiger partial charge in [-0.3, -0.25) is 4.79 Å². The van der Waals surface area contributed by atoms with Gasteiger partial charge in [-0.15, -0.1) is 0 Å². The van der Waals surface area contributed by atoms with Crippen LogP contribution in [0.3, 0.4) is 0 Å². The SMILES string of the molecule is CCCCCCn1c(SCC(=O)Nc2ccccc2C)nc2ccccc21. The molecule has 1 amide bonds. The molecular weight excluding hydrogens is 354 g/mol. The Labute approximate surface area is 165 Å². The Morgan fingerprint density at radius 3 is 2.67 bits per heavy atom. The van der Waals surface area contributed by atoms with Crippen molar-refractivity contribution in [2.45, 2.75) is 51.2 Å². The number of hydrogen-bond donors (Lipinski definition) is 1. The molecule has 0 aliphatic heterocycles. The summed E-state index contributed by atoms with van der Waals surface area (Å²) in [6, 6.07) is 16.0. The van der Waals surface area contributed by atoms with E-state index in [0.29, 0.717) is 5.75 Å². The van der Waals surface area contributed by atoms with Gasteiger partial charge in [0.2, 0.25) is 5.91 Å². The van der Waals surface area contributed by atoms with E-state index in [1.807, 2.05) is 49.4 Å². The summed E-state index contributed by atoms with van der Waals surface area (Å²) in [7, 11) is 0. The zero-order valence-electron chi connectivity index (χ0n) is 16.1. The molecule has 0 saturated carbocycles. The molecule has 0 saturated heterocycles. The fourth-order valence-corrected chi connectivity index (χ4v) is 3.95. The number of fused-ring (bicyclic) bond motifs is 1. The van der Waals surface area contributed by atoms with E-state index in [2.05, 4.69) is 22.9 Å². The zero-order valence-corrected chi connectivity index (χ0v) is 16.9. The number of carbonyl (C=O) groups excluding carboxylic acids is 1. The topological polar surface area (TPSA) is 46.9 Å². The summed E-state index contributed by atoms with van der Waals surface area (Å²) in [4.78, 5) is 17.1. The molecule has 1 heterocycles. The molecule has 0 radical (unpaired) electrons. The molecule has 3 aromatic rings. The standard InChI is InChI=1S/C22H27N3OS/c1-3-4-5-10-15-25-20-14-9-8-13-19(20)24-22(25)27-16-21(26)23-18-12-7-6-11-17(18)2/h6-9,11-14H,3-5,10,15-16H2,1-2H3,(H,23,26). The minimum atomic E-state index is -0.00103. The summed E-state index contributed by atoms with van der Waals surface area (Å²) in [5.74, 6) is 0.353. The third-order valence-corrected chi connectivity index (χ3v) is 5.58. The van der Waals surface area contributed by atoms with Gasteiger partial charge in [-0.1, -0.05) is 68.3 Å². The van der Waals surface area contributed by atoms with Gasteiger partial charge in [0.05, 0.1) is 16.8 Å². The van der Waals surface area contributed by atoms with Crippen LogP contribution in [0.5, 0.6) is 0 Å². The Balaban J connectivity index is 1.68. The van der Waals surface area contributed by atoms with Crippen LogP contribution in [0.1, 0.15) is 38.2 Å². The monoisotopic (exact) mass is 381 g/mol. The number of carbonyl (C=O) groups is 1. The average molecular weight is 382 g/mol. The lowest BCUT2D eigenvalue weighted by atomic mass is 10.2. The predicted octanol–water partition coefficient (Wildman–Crippen LogP) is 5.66. The van der Waals surface area contributed by atoms with E-state index < -0.39 is 0 Å². The highest BCUT2D eigenvalue weighted by Crippen LogP contribution is 2.25. The molecule has 142 valence electrons. The number of unbranched alkanes of at least 4 members (excludes halogenated alkanes) is 3. The van der Waals surface area contributed by atoms with Crippen molar-refractivity contribution in [2.24, 2.45) is 0 Å². The third-order valence-electron chi connectivity index (χ3n) is 4.61. The average Bonchev–Trinajstić information content (AvgIpc) is 3.03. The van der Waals surface area contributed by atoms with Gasteiger partial charge in [-0.25, -0.2) is 4.98 Å². The van der Waals surface area contributed by atoms with Gasteiger partial charge in [0.25, 0.3) is 0 Å². The van der Waals surface area contributed by atoms with E-state index in [-0.39, 0.29) is 5.91 Å². The fraction of sp³-hybridized carbons (Fsp3) is 0.364. The molecular formula is C22H27N3OS. The second-order valence-corrected chi connectivity index (χ2v) is 7.69. The van der Waals surface area contributed by atoms with Crippen molar-refractivity contribution in [3.63, 3.8) is 0 Å². The minimum absolute atomic E-state index is 0.00103. The molecule has 1 aromatic heterocycles. The van der Waals surface area contributed by atoms with Gasteiger partial charge in [-0.2, -0.15) is 0 Å². The molecule has 0 unspecified atom stereocenters. The van der Waals surface area contributed by atoms with E-state index in [9.17, 15) is 4.79 Å². The number of rotatable bonds is 9. The molecule has 0 aliphatic carbocycles. The van der Waals surface area contributed by atoms with Crippen LogP contribution in [0, 0.1) is 6.92 Å². The third kappa shape index (κ3) is 5.13. The van der Waals surface area contributed by atoms with E-state index in [1.165, 1.54) is 31.0 Å². The molecule has 5 heteroatoms. The van der Waals surface area contributed by atoms with Crippen LogP contribution in [0.2, 0.25) is 0 Å². The summed E-state index contributed by atoms with van der Waals surface area (Å²) in [5.41, 5.74) is 4.08. The van der Waals surface area contributed by atoms with Gasteiger partial charge < -0.3 is 9.88 Å². The summed E-state index contributed by atoms with van der Waals surface area (Å²) in [6.07, 6.45) is 4.84. The molecule has 1 N–H and O–H groups in total.